The molecule has 0 radical (unpaired) electrons. The van der Waals surface area contributed by atoms with Gasteiger partial charge in [-0.25, -0.2) is 0 Å². The molecule has 3 rings (SSSR count). The van der Waals surface area contributed by atoms with Crippen LogP contribution in [0.3, 0.4) is 0 Å². The monoisotopic (exact) mass is 406 g/mol. The Morgan fingerprint density at radius 1 is 0.621 bits per heavy atom. The van der Waals surface area contributed by atoms with Crippen LogP contribution in [-0.4, -0.2) is 5.60 Å². The molecule has 1 atom stereocenters. The molecule has 0 aliphatic rings. The van der Waals surface area contributed by atoms with Crippen LogP contribution in [0.1, 0.15) is 47.1 Å². The molecule has 0 aliphatic heterocycles. The van der Waals surface area contributed by atoms with Gasteiger partial charge in [-0.15, -0.1) is 0 Å². The zero-order valence-corrected chi connectivity index (χ0v) is 19.2. The standard InChI is InChI=1S/C26H31O2P/c1-25(2,3)20-12-16-23(17-13-20)29(27,22-10-8-7-9-11-22)24-18-14-21(15-19-24)28-26(4,5)6/h7-19H,1-6H3. The average molecular weight is 407 g/mol. The zero-order chi connectivity index (χ0) is 21.3. The smallest absolute Gasteiger partial charge is 0.171 e. The molecule has 152 valence electrons. The van der Waals surface area contributed by atoms with Crippen LogP contribution in [0.4, 0.5) is 0 Å². The van der Waals surface area contributed by atoms with E-state index in [1.165, 1.54) is 5.56 Å². The van der Waals surface area contributed by atoms with Gasteiger partial charge in [0.05, 0.1) is 0 Å². The van der Waals surface area contributed by atoms with Crippen LogP contribution in [-0.2, 0) is 9.98 Å². The minimum absolute atomic E-state index is 0.0568. The lowest BCUT2D eigenvalue weighted by molar-refractivity contribution is 0.131. The minimum Gasteiger partial charge on any atom is -0.488 e. The number of rotatable bonds is 4. The maximum atomic E-state index is 14.5. The highest BCUT2D eigenvalue weighted by Gasteiger charge is 2.30. The lowest BCUT2D eigenvalue weighted by atomic mass is 9.87. The molecule has 0 saturated heterocycles. The maximum absolute atomic E-state index is 14.5. The molecule has 29 heavy (non-hydrogen) atoms. The van der Waals surface area contributed by atoms with Crippen molar-refractivity contribution in [2.45, 2.75) is 52.6 Å². The Hall–Kier alpha value is -2.31. The van der Waals surface area contributed by atoms with Gasteiger partial charge in [-0.05, 0) is 56.0 Å². The Labute approximate surface area is 175 Å². The van der Waals surface area contributed by atoms with Gasteiger partial charge in [0.2, 0.25) is 0 Å². The SMILES string of the molecule is CC(C)(C)Oc1ccc(P(=O)(c2ccccc2)c2ccc(C(C)(C)C)cc2)cc1. The third-order valence-electron chi connectivity index (χ3n) is 4.84. The van der Waals surface area contributed by atoms with Gasteiger partial charge < -0.3 is 9.30 Å². The summed E-state index contributed by atoms with van der Waals surface area (Å²) in [6.07, 6.45) is 0. The highest BCUT2D eigenvalue weighted by atomic mass is 31.2. The first kappa shape index (κ1) is 21.4. The molecule has 0 fully saturated rings. The maximum Gasteiger partial charge on any atom is 0.171 e. The van der Waals surface area contributed by atoms with Crippen LogP contribution < -0.4 is 20.7 Å². The Kier molecular flexibility index (Phi) is 5.79. The third kappa shape index (κ3) is 4.82. The zero-order valence-electron chi connectivity index (χ0n) is 18.3. The first-order valence-electron chi connectivity index (χ1n) is 10.1. The molecule has 0 bridgehead atoms. The van der Waals surface area contributed by atoms with Crippen LogP contribution in [0, 0.1) is 0 Å². The van der Waals surface area contributed by atoms with Gasteiger partial charge in [0, 0.05) is 15.9 Å². The lowest BCUT2D eigenvalue weighted by Gasteiger charge is -2.24. The molecule has 0 heterocycles. The van der Waals surface area contributed by atoms with E-state index in [1.54, 1.807) is 0 Å². The Morgan fingerprint density at radius 2 is 1.07 bits per heavy atom. The molecule has 0 spiro atoms. The van der Waals surface area contributed by atoms with Crippen molar-refractivity contribution in [2.75, 3.05) is 0 Å². The van der Waals surface area contributed by atoms with Crippen molar-refractivity contribution < 1.29 is 9.30 Å². The van der Waals surface area contributed by atoms with E-state index < -0.39 is 7.14 Å². The topological polar surface area (TPSA) is 26.3 Å². The predicted molar refractivity (Wildman–Crippen MR) is 125 cm³/mol. The Morgan fingerprint density at radius 3 is 1.52 bits per heavy atom. The van der Waals surface area contributed by atoms with Crippen molar-refractivity contribution in [1.29, 1.82) is 0 Å². The molecule has 3 heteroatoms. The number of hydrogen-bond acceptors (Lipinski definition) is 2. The fourth-order valence-corrected chi connectivity index (χ4v) is 5.96. The molecule has 3 aromatic rings. The van der Waals surface area contributed by atoms with E-state index in [1.807, 2.05) is 87.5 Å². The predicted octanol–water partition coefficient (Wildman–Crippen LogP) is 5.80. The molecular weight excluding hydrogens is 375 g/mol. The van der Waals surface area contributed by atoms with E-state index >= 15 is 0 Å². The van der Waals surface area contributed by atoms with Gasteiger partial charge in [0.25, 0.3) is 0 Å². The summed E-state index contributed by atoms with van der Waals surface area (Å²) in [5.74, 6) is 0.781. The average Bonchev–Trinajstić information content (AvgIpc) is 2.67. The normalized spacial score (nSPS) is 14.3. The molecule has 0 N–H and O–H groups in total. The van der Waals surface area contributed by atoms with E-state index in [4.69, 9.17) is 4.74 Å². The van der Waals surface area contributed by atoms with Crippen molar-refractivity contribution in [2.24, 2.45) is 0 Å². The van der Waals surface area contributed by atoms with E-state index in [-0.39, 0.29) is 11.0 Å². The summed E-state index contributed by atoms with van der Waals surface area (Å²) in [4.78, 5) is 0. The molecular formula is C26H31O2P. The van der Waals surface area contributed by atoms with Gasteiger partial charge >= 0.3 is 0 Å². The number of benzene rings is 3. The van der Waals surface area contributed by atoms with Gasteiger partial charge in [0.15, 0.2) is 7.14 Å². The van der Waals surface area contributed by atoms with Gasteiger partial charge in [-0.3, -0.25) is 0 Å². The quantitative estimate of drug-likeness (QED) is 0.512. The number of hydrogen-bond donors (Lipinski definition) is 0. The fraction of sp³-hybridized carbons (Fsp3) is 0.308. The summed E-state index contributed by atoms with van der Waals surface area (Å²) in [5, 5.41) is 2.50. The molecule has 2 nitrogen and oxygen atoms in total. The van der Waals surface area contributed by atoms with E-state index in [0.29, 0.717) is 0 Å². The van der Waals surface area contributed by atoms with Crippen LogP contribution in [0.2, 0.25) is 0 Å². The summed E-state index contributed by atoms with van der Waals surface area (Å²) in [5.41, 5.74) is 1.02. The minimum atomic E-state index is -2.98. The molecule has 3 aromatic carbocycles. The second-order valence-corrected chi connectivity index (χ2v) is 12.2. The van der Waals surface area contributed by atoms with Crippen molar-refractivity contribution in [3.8, 4) is 5.75 Å². The van der Waals surface area contributed by atoms with E-state index in [2.05, 4.69) is 32.9 Å². The molecule has 0 amide bonds. The van der Waals surface area contributed by atoms with Crippen LogP contribution in [0.25, 0.3) is 0 Å². The number of ether oxygens (including phenoxy) is 1. The first-order chi connectivity index (χ1) is 13.5. The summed E-state index contributed by atoms with van der Waals surface area (Å²) < 4.78 is 20.5. The lowest BCUT2D eigenvalue weighted by Crippen LogP contribution is -2.26. The highest BCUT2D eigenvalue weighted by molar-refractivity contribution is 7.85. The van der Waals surface area contributed by atoms with Crippen molar-refractivity contribution in [3.63, 3.8) is 0 Å². The molecule has 0 aromatic heterocycles. The van der Waals surface area contributed by atoms with Crippen molar-refractivity contribution >= 4 is 23.1 Å². The fourth-order valence-electron chi connectivity index (χ4n) is 3.33. The Balaban J connectivity index is 2.09. The Bertz CT molecular complexity index is 990. The van der Waals surface area contributed by atoms with Gasteiger partial charge in [-0.1, -0.05) is 75.4 Å². The van der Waals surface area contributed by atoms with Gasteiger partial charge in [-0.2, -0.15) is 0 Å². The summed E-state index contributed by atoms with van der Waals surface area (Å²) in [6.45, 7) is 12.6. The highest BCUT2D eigenvalue weighted by Crippen LogP contribution is 2.43. The molecule has 0 aliphatic carbocycles. The van der Waals surface area contributed by atoms with E-state index in [0.717, 1.165) is 21.7 Å². The summed E-state index contributed by atoms with van der Waals surface area (Å²) in [7, 11) is -2.98. The van der Waals surface area contributed by atoms with Crippen molar-refractivity contribution in [3.05, 3.63) is 84.4 Å². The van der Waals surface area contributed by atoms with Crippen LogP contribution >= 0.6 is 7.14 Å². The molecule has 1 unspecified atom stereocenters. The summed E-state index contributed by atoms with van der Waals surface area (Å²) >= 11 is 0. The first-order valence-corrected chi connectivity index (χ1v) is 11.8. The molecule has 0 saturated carbocycles. The van der Waals surface area contributed by atoms with Crippen LogP contribution in [0.15, 0.2) is 78.9 Å². The summed E-state index contributed by atoms with van der Waals surface area (Å²) in [6, 6.07) is 25.7. The second-order valence-electron chi connectivity index (χ2n) is 9.45. The largest absolute Gasteiger partial charge is 0.488 e. The van der Waals surface area contributed by atoms with Gasteiger partial charge in [0.1, 0.15) is 11.4 Å². The van der Waals surface area contributed by atoms with Crippen molar-refractivity contribution in [1.82, 2.24) is 0 Å². The second kappa shape index (κ2) is 7.84. The van der Waals surface area contributed by atoms with Crippen LogP contribution in [0.5, 0.6) is 5.75 Å². The van der Waals surface area contributed by atoms with E-state index in [9.17, 15) is 4.57 Å². The third-order valence-corrected chi connectivity index (χ3v) is 7.92.